The molecule has 152 valence electrons. The van der Waals surface area contributed by atoms with Gasteiger partial charge >= 0.3 is 0 Å². The van der Waals surface area contributed by atoms with E-state index in [4.69, 9.17) is 0 Å². The Kier molecular flexibility index (Phi) is 5.52. The van der Waals surface area contributed by atoms with Crippen LogP contribution in [-0.2, 0) is 21.2 Å². The maximum absolute atomic E-state index is 13.7. The fourth-order valence-electron chi connectivity index (χ4n) is 3.88. The number of rotatable bonds is 4. The van der Waals surface area contributed by atoms with Crippen LogP contribution in [0, 0.1) is 5.82 Å². The molecule has 7 heteroatoms. The summed E-state index contributed by atoms with van der Waals surface area (Å²) in [5, 5.41) is 0. The molecule has 0 N–H and O–H groups in total. The van der Waals surface area contributed by atoms with Crippen LogP contribution in [0.15, 0.2) is 53.4 Å². The van der Waals surface area contributed by atoms with E-state index in [9.17, 15) is 17.6 Å². The molecule has 29 heavy (non-hydrogen) atoms. The number of sulfonamides is 1. The van der Waals surface area contributed by atoms with Crippen molar-refractivity contribution in [2.45, 2.75) is 30.6 Å². The lowest BCUT2D eigenvalue weighted by molar-refractivity contribution is -0.114. The minimum Gasteiger partial charge on any atom is -0.308 e. The Labute approximate surface area is 170 Å². The number of nitrogens with zero attached hydrogens (tertiary/aromatic N) is 2. The fourth-order valence-corrected chi connectivity index (χ4v) is 5.45. The summed E-state index contributed by atoms with van der Waals surface area (Å²) in [5.74, 6) is -0.635. The van der Waals surface area contributed by atoms with Crippen LogP contribution in [0.25, 0.3) is 6.08 Å². The molecule has 1 saturated heterocycles. The van der Waals surface area contributed by atoms with E-state index >= 15 is 0 Å². The first-order chi connectivity index (χ1) is 14.0. The molecule has 2 aromatic rings. The van der Waals surface area contributed by atoms with E-state index in [1.54, 1.807) is 45.6 Å². The van der Waals surface area contributed by atoms with Gasteiger partial charge in [0.1, 0.15) is 5.82 Å². The van der Waals surface area contributed by atoms with Crippen molar-refractivity contribution in [1.29, 1.82) is 0 Å². The number of hydrogen-bond acceptors (Lipinski definition) is 3. The van der Waals surface area contributed by atoms with E-state index in [0.29, 0.717) is 37.3 Å². The van der Waals surface area contributed by atoms with Crippen LogP contribution in [0.3, 0.4) is 0 Å². The van der Waals surface area contributed by atoms with Gasteiger partial charge in [-0.05, 0) is 55.2 Å². The van der Waals surface area contributed by atoms with Gasteiger partial charge in [-0.3, -0.25) is 4.79 Å². The number of hydrogen-bond donors (Lipinski definition) is 0. The highest BCUT2D eigenvalue weighted by Gasteiger charge is 2.29. The first-order valence-electron chi connectivity index (χ1n) is 9.84. The maximum Gasteiger partial charge on any atom is 0.251 e. The molecule has 4 rings (SSSR count). The average Bonchev–Trinajstić information content (AvgIpc) is 3.17. The smallest absolute Gasteiger partial charge is 0.251 e. The summed E-state index contributed by atoms with van der Waals surface area (Å²) in [6.45, 7) is 1.60. The third kappa shape index (κ3) is 3.97. The molecule has 0 radical (unpaired) electrons. The Morgan fingerprint density at radius 1 is 1.00 bits per heavy atom. The van der Waals surface area contributed by atoms with Crippen LogP contribution in [-0.4, -0.2) is 38.3 Å². The van der Waals surface area contributed by atoms with Crippen LogP contribution >= 0.6 is 0 Å². The number of amides is 1. The molecule has 0 aromatic heterocycles. The van der Waals surface area contributed by atoms with E-state index in [1.165, 1.54) is 18.2 Å². The lowest BCUT2D eigenvalue weighted by Crippen LogP contribution is -2.35. The van der Waals surface area contributed by atoms with E-state index in [1.807, 2.05) is 0 Å². The first-order valence-corrected chi connectivity index (χ1v) is 11.3. The maximum atomic E-state index is 13.7. The zero-order chi connectivity index (χ0) is 20.4. The van der Waals surface area contributed by atoms with Gasteiger partial charge in [-0.2, -0.15) is 4.31 Å². The van der Waals surface area contributed by atoms with Crippen molar-refractivity contribution in [3.63, 3.8) is 0 Å². The van der Waals surface area contributed by atoms with Crippen LogP contribution in [0.1, 0.15) is 30.4 Å². The van der Waals surface area contributed by atoms with Gasteiger partial charge in [0, 0.05) is 37.0 Å². The summed E-state index contributed by atoms with van der Waals surface area (Å²) in [5.41, 5.74) is 1.91. The quantitative estimate of drug-likeness (QED) is 0.719. The zero-order valence-electron chi connectivity index (χ0n) is 16.1. The second kappa shape index (κ2) is 8.08. The second-order valence-electron chi connectivity index (χ2n) is 7.35. The monoisotopic (exact) mass is 414 g/mol. The molecule has 0 aliphatic carbocycles. The van der Waals surface area contributed by atoms with Gasteiger partial charge in [0.15, 0.2) is 0 Å². The molecule has 5 nitrogen and oxygen atoms in total. The van der Waals surface area contributed by atoms with Crippen molar-refractivity contribution in [2.75, 3.05) is 24.5 Å². The summed E-state index contributed by atoms with van der Waals surface area (Å²) in [6.07, 6.45) is 6.25. The molecule has 2 heterocycles. The predicted molar refractivity (Wildman–Crippen MR) is 111 cm³/mol. The lowest BCUT2D eigenvalue weighted by Gasteiger charge is -2.26. The number of carbonyl (C=O) groups is 1. The lowest BCUT2D eigenvalue weighted by atomic mass is 10.2. The molecule has 2 aliphatic rings. The van der Waals surface area contributed by atoms with Gasteiger partial charge in [-0.15, -0.1) is 0 Å². The third-order valence-electron chi connectivity index (χ3n) is 5.48. The molecular weight excluding hydrogens is 391 g/mol. The fraction of sp³-hybridized carbons (Fsp3) is 0.318. The number of halogens is 1. The van der Waals surface area contributed by atoms with Crippen molar-refractivity contribution in [3.8, 4) is 0 Å². The molecule has 2 aliphatic heterocycles. The summed E-state index contributed by atoms with van der Waals surface area (Å²) in [4.78, 5) is 14.5. The topological polar surface area (TPSA) is 57.7 Å². The van der Waals surface area contributed by atoms with Crippen molar-refractivity contribution in [2.24, 2.45) is 0 Å². The van der Waals surface area contributed by atoms with Crippen LogP contribution in [0.5, 0.6) is 0 Å². The van der Waals surface area contributed by atoms with Crippen molar-refractivity contribution in [1.82, 2.24) is 4.31 Å². The molecule has 0 unspecified atom stereocenters. The van der Waals surface area contributed by atoms with Gasteiger partial charge in [0.25, 0.3) is 5.91 Å². The van der Waals surface area contributed by atoms with Gasteiger partial charge in [0.2, 0.25) is 10.0 Å². The minimum absolute atomic E-state index is 0.251. The largest absolute Gasteiger partial charge is 0.308 e. The number of anilines is 1. The van der Waals surface area contributed by atoms with E-state index in [0.717, 1.165) is 24.8 Å². The minimum atomic E-state index is -3.50. The van der Waals surface area contributed by atoms with Crippen molar-refractivity contribution >= 4 is 27.7 Å². The summed E-state index contributed by atoms with van der Waals surface area (Å²) >= 11 is 0. The predicted octanol–water partition coefficient (Wildman–Crippen LogP) is 3.60. The van der Waals surface area contributed by atoms with E-state index in [-0.39, 0.29) is 16.6 Å². The summed E-state index contributed by atoms with van der Waals surface area (Å²) in [7, 11) is -3.50. The molecule has 0 saturated carbocycles. The van der Waals surface area contributed by atoms with Gasteiger partial charge in [-0.1, -0.05) is 24.6 Å². The second-order valence-corrected chi connectivity index (χ2v) is 9.29. The first kappa shape index (κ1) is 19.8. The molecule has 0 bridgehead atoms. The standard InChI is InChI=1S/C22H23FN2O3S/c23-20-7-3-2-6-17(20)8-11-22(26)25-15-12-18-16-19(9-10-21(18)25)29(27,28)24-13-4-1-5-14-24/h2-3,6-11,16H,1,4-5,12-15H2/b11-8+. The van der Waals surface area contributed by atoms with Crippen LogP contribution in [0.4, 0.5) is 10.1 Å². The SMILES string of the molecule is O=C(/C=C/c1ccccc1F)N1CCc2cc(S(=O)(=O)N3CCCCC3)ccc21. The highest BCUT2D eigenvalue weighted by molar-refractivity contribution is 7.89. The number of fused-ring (bicyclic) bond motifs is 1. The average molecular weight is 415 g/mol. The van der Waals surface area contributed by atoms with Crippen molar-refractivity contribution < 1.29 is 17.6 Å². The zero-order valence-corrected chi connectivity index (χ0v) is 16.9. The van der Waals surface area contributed by atoms with Gasteiger partial charge in [-0.25, -0.2) is 12.8 Å². The molecule has 0 atom stereocenters. The Morgan fingerprint density at radius 2 is 1.76 bits per heavy atom. The molecule has 0 spiro atoms. The molecule has 1 amide bonds. The summed E-state index contributed by atoms with van der Waals surface area (Å²) < 4.78 is 41.1. The highest BCUT2D eigenvalue weighted by atomic mass is 32.2. The van der Waals surface area contributed by atoms with Crippen molar-refractivity contribution in [3.05, 3.63) is 65.5 Å². The number of carbonyl (C=O) groups excluding carboxylic acids is 1. The van der Waals surface area contributed by atoms with Crippen LogP contribution in [0.2, 0.25) is 0 Å². The Morgan fingerprint density at radius 3 is 2.52 bits per heavy atom. The van der Waals surface area contributed by atoms with E-state index < -0.39 is 10.0 Å². The molecular formula is C22H23FN2O3S. The third-order valence-corrected chi connectivity index (χ3v) is 7.37. The highest BCUT2D eigenvalue weighted by Crippen LogP contribution is 2.32. The van der Waals surface area contributed by atoms with Crippen LogP contribution < -0.4 is 4.90 Å². The Hall–Kier alpha value is -2.51. The Balaban J connectivity index is 1.54. The van der Waals surface area contributed by atoms with E-state index in [2.05, 4.69) is 0 Å². The molecule has 2 aromatic carbocycles. The number of piperidine rings is 1. The normalized spacial score (nSPS) is 17.6. The number of benzene rings is 2. The van der Waals surface area contributed by atoms with Gasteiger partial charge < -0.3 is 4.90 Å². The van der Waals surface area contributed by atoms with Gasteiger partial charge in [0.05, 0.1) is 4.90 Å². The molecule has 1 fully saturated rings. The summed E-state index contributed by atoms with van der Waals surface area (Å²) in [6, 6.07) is 11.2. The Bertz CT molecular complexity index is 1060.